The number of nitrogens with zero attached hydrogens (tertiary/aromatic N) is 1. The van der Waals surface area contributed by atoms with Crippen LogP contribution < -0.4 is 0 Å². The van der Waals surface area contributed by atoms with Crippen LogP contribution in [0.3, 0.4) is 0 Å². The fraction of sp³-hybridized carbons (Fsp3) is 0.462. The third-order valence-corrected chi connectivity index (χ3v) is 4.66. The van der Waals surface area contributed by atoms with Crippen molar-refractivity contribution in [2.45, 2.75) is 19.1 Å². The molecule has 5 nitrogen and oxygen atoms in total. The van der Waals surface area contributed by atoms with Gasteiger partial charge in [0.1, 0.15) is 0 Å². The van der Waals surface area contributed by atoms with Crippen molar-refractivity contribution in [3.8, 4) is 0 Å². The van der Waals surface area contributed by atoms with Crippen LogP contribution >= 0.6 is 0 Å². The molecule has 1 rings (SSSR count). The van der Waals surface area contributed by atoms with Gasteiger partial charge >= 0.3 is 5.97 Å². The maximum absolute atomic E-state index is 12.2. The second kappa shape index (κ2) is 7.25. The molecule has 0 bridgehead atoms. The van der Waals surface area contributed by atoms with Gasteiger partial charge in [0.15, 0.2) is 0 Å². The third kappa shape index (κ3) is 5.00. The highest BCUT2D eigenvalue weighted by molar-refractivity contribution is 7.88. The minimum atomic E-state index is -3.40. The molecule has 0 aliphatic rings. The normalized spacial score (nSPS) is 11.5. The summed E-state index contributed by atoms with van der Waals surface area (Å²) in [5.41, 5.74) is 0.735. The average Bonchev–Trinajstić information content (AvgIpc) is 2.39. The first-order valence-electron chi connectivity index (χ1n) is 6.08. The Morgan fingerprint density at radius 1 is 1.26 bits per heavy atom. The first-order valence-corrected chi connectivity index (χ1v) is 7.69. The number of hydrogen-bond acceptors (Lipinski definition) is 4. The first-order chi connectivity index (χ1) is 8.99. The standard InChI is InChI=1S/C13H19NO4S/c1-3-14(10-9-13(15)18-2)19(16,17)11-12-7-5-4-6-8-12/h4-8H,3,9-11H2,1-2H3. The van der Waals surface area contributed by atoms with Gasteiger partial charge < -0.3 is 4.74 Å². The maximum Gasteiger partial charge on any atom is 0.306 e. The molecule has 0 amide bonds. The van der Waals surface area contributed by atoms with Crippen molar-refractivity contribution in [1.29, 1.82) is 0 Å². The molecule has 0 saturated heterocycles. The number of methoxy groups -OCH3 is 1. The lowest BCUT2D eigenvalue weighted by Gasteiger charge is -2.19. The average molecular weight is 285 g/mol. The quantitative estimate of drug-likeness (QED) is 0.710. The van der Waals surface area contributed by atoms with E-state index in [1.54, 1.807) is 31.2 Å². The fourth-order valence-corrected chi connectivity index (χ4v) is 3.25. The summed E-state index contributed by atoms with van der Waals surface area (Å²) in [7, 11) is -2.12. The Morgan fingerprint density at radius 2 is 1.89 bits per heavy atom. The highest BCUT2D eigenvalue weighted by atomic mass is 32.2. The SMILES string of the molecule is CCN(CCC(=O)OC)S(=O)(=O)Cc1ccccc1. The molecule has 0 aromatic heterocycles. The molecule has 1 aromatic rings. The van der Waals surface area contributed by atoms with Crippen LogP contribution in [0.1, 0.15) is 18.9 Å². The minimum Gasteiger partial charge on any atom is -0.469 e. The third-order valence-electron chi connectivity index (χ3n) is 2.73. The van der Waals surface area contributed by atoms with Gasteiger partial charge in [-0.3, -0.25) is 4.79 Å². The molecule has 0 radical (unpaired) electrons. The van der Waals surface area contributed by atoms with Crippen LogP contribution in [0.15, 0.2) is 30.3 Å². The predicted molar refractivity (Wildman–Crippen MR) is 72.9 cm³/mol. The van der Waals surface area contributed by atoms with Crippen molar-refractivity contribution in [1.82, 2.24) is 4.31 Å². The van der Waals surface area contributed by atoms with E-state index in [1.165, 1.54) is 11.4 Å². The van der Waals surface area contributed by atoms with E-state index in [0.717, 1.165) is 5.56 Å². The van der Waals surface area contributed by atoms with Gasteiger partial charge in [0, 0.05) is 13.1 Å². The molecule has 6 heteroatoms. The van der Waals surface area contributed by atoms with E-state index in [1.807, 2.05) is 6.07 Å². The molecule has 0 saturated carbocycles. The molecule has 0 N–H and O–H groups in total. The summed E-state index contributed by atoms with van der Waals surface area (Å²) < 4.78 is 30.2. The van der Waals surface area contributed by atoms with Gasteiger partial charge in [0.25, 0.3) is 0 Å². The summed E-state index contributed by atoms with van der Waals surface area (Å²) in [6.07, 6.45) is 0.0678. The largest absolute Gasteiger partial charge is 0.469 e. The van der Waals surface area contributed by atoms with Gasteiger partial charge in [0.2, 0.25) is 10.0 Å². The lowest BCUT2D eigenvalue weighted by atomic mass is 10.2. The number of ether oxygens (including phenoxy) is 1. The van der Waals surface area contributed by atoms with E-state index in [0.29, 0.717) is 6.54 Å². The molecule has 106 valence electrons. The number of sulfonamides is 1. The van der Waals surface area contributed by atoms with Crippen LogP contribution in [0.2, 0.25) is 0 Å². The summed E-state index contributed by atoms with van der Waals surface area (Å²) >= 11 is 0. The lowest BCUT2D eigenvalue weighted by Crippen LogP contribution is -2.34. The van der Waals surface area contributed by atoms with E-state index in [4.69, 9.17) is 0 Å². The molecule has 19 heavy (non-hydrogen) atoms. The maximum atomic E-state index is 12.2. The molecule has 1 aromatic carbocycles. The zero-order chi connectivity index (χ0) is 14.3. The summed E-state index contributed by atoms with van der Waals surface area (Å²) in [6, 6.07) is 8.98. The van der Waals surface area contributed by atoms with E-state index < -0.39 is 16.0 Å². The topological polar surface area (TPSA) is 63.7 Å². The van der Waals surface area contributed by atoms with Crippen LogP contribution in [0.25, 0.3) is 0 Å². The van der Waals surface area contributed by atoms with Gasteiger partial charge in [-0.25, -0.2) is 12.7 Å². The molecule has 0 aliphatic carbocycles. The number of benzene rings is 1. The van der Waals surface area contributed by atoms with E-state index >= 15 is 0 Å². The number of rotatable bonds is 7. The molecule has 0 fully saturated rings. The van der Waals surface area contributed by atoms with E-state index in [9.17, 15) is 13.2 Å². The molecule has 0 atom stereocenters. The Bertz CT molecular complexity index is 499. The number of carbonyl (C=O) groups is 1. The van der Waals surface area contributed by atoms with Gasteiger partial charge in [-0.2, -0.15) is 0 Å². The highest BCUT2D eigenvalue weighted by Gasteiger charge is 2.21. The summed E-state index contributed by atoms with van der Waals surface area (Å²) in [5.74, 6) is -0.462. The molecule has 0 heterocycles. The van der Waals surface area contributed by atoms with Crippen LogP contribution in [0, 0.1) is 0 Å². The number of hydrogen-bond donors (Lipinski definition) is 0. The first kappa shape index (κ1) is 15.7. The van der Waals surface area contributed by atoms with Crippen molar-refractivity contribution < 1.29 is 17.9 Å². The second-order valence-corrected chi connectivity index (χ2v) is 6.03. The summed E-state index contributed by atoms with van der Waals surface area (Å²) in [5, 5.41) is 0. The second-order valence-electron chi connectivity index (χ2n) is 4.06. The van der Waals surface area contributed by atoms with E-state index in [-0.39, 0.29) is 18.7 Å². The fourth-order valence-electron chi connectivity index (χ4n) is 1.69. The van der Waals surface area contributed by atoms with Crippen LogP contribution in [-0.4, -0.2) is 38.9 Å². The van der Waals surface area contributed by atoms with Gasteiger partial charge in [0.05, 0.1) is 19.3 Å². The Morgan fingerprint density at radius 3 is 2.42 bits per heavy atom. The molecule has 0 aliphatic heterocycles. The van der Waals surface area contributed by atoms with Crippen molar-refractivity contribution in [2.24, 2.45) is 0 Å². The summed E-state index contributed by atoms with van der Waals surface area (Å²) in [6.45, 7) is 2.24. The monoisotopic (exact) mass is 285 g/mol. The molecule has 0 unspecified atom stereocenters. The highest BCUT2D eigenvalue weighted by Crippen LogP contribution is 2.11. The van der Waals surface area contributed by atoms with Crippen molar-refractivity contribution in [3.63, 3.8) is 0 Å². The van der Waals surface area contributed by atoms with Crippen molar-refractivity contribution in [2.75, 3.05) is 20.2 Å². The van der Waals surface area contributed by atoms with E-state index in [2.05, 4.69) is 4.74 Å². The van der Waals surface area contributed by atoms with Crippen LogP contribution in [0.5, 0.6) is 0 Å². The Balaban J connectivity index is 2.70. The smallest absolute Gasteiger partial charge is 0.306 e. The minimum absolute atomic E-state index is 0.0527. The van der Waals surface area contributed by atoms with Gasteiger partial charge in [-0.05, 0) is 5.56 Å². The lowest BCUT2D eigenvalue weighted by molar-refractivity contribution is -0.140. The zero-order valence-electron chi connectivity index (χ0n) is 11.2. The Kier molecular flexibility index (Phi) is 5.98. The van der Waals surface area contributed by atoms with Crippen molar-refractivity contribution in [3.05, 3.63) is 35.9 Å². The molecular formula is C13H19NO4S. The van der Waals surface area contributed by atoms with Crippen LogP contribution in [0.4, 0.5) is 0 Å². The van der Waals surface area contributed by atoms with Crippen molar-refractivity contribution >= 4 is 16.0 Å². The van der Waals surface area contributed by atoms with Gasteiger partial charge in [-0.1, -0.05) is 37.3 Å². The Labute approximate surface area is 114 Å². The Hall–Kier alpha value is -1.40. The summed E-state index contributed by atoms with van der Waals surface area (Å²) in [4.78, 5) is 11.1. The predicted octanol–water partition coefficient (Wildman–Crippen LogP) is 1.40. The molecule has 0 spiro atoms. The van der Waals surface area contributed by atoms with Crippen LogP contribution in [-0.2, 0) is 25.3 Å². The number of esters is 1. The zero-order valence-corrected chi connectivity index (χ0v) is 12.0. The van der Waals surface area contributed by atoms with Gasteiger partial charge in [-0.15, -0.1) is 0 Å². The number of carbonyl (C=O) groups excluding carboxylic acids is 1. The molecular weight excluding hydrogens is 266 g/mol.